The SMILES string of the molecule is CCCC(C)C(C(C)C)(C(F)(F)F)C(F)(F)F. The first kappa shape index (κ1) is 16.6. The fraction of sp³-hybridized carbons (Fsp3) is 1.00. The molecule has 0 aliphatic carbocycles. The van der Waals surface area contributed by atoms with Gasteiger partial charge in [0.25, 0.3) is 0 Å². The van der Waals surface area contributed by atoms with Crippen LogP contribution in [0.2, 0.25) is 0 Å². The summed E-state index contributed by atoms with van der Waals surface area (Å²) in [4.78, 5) is 0. The zero-order valence-electron chi connectivity index (χ0n) is 10.3. The van der Waals surface area contributed by atoms with Crippen molar-refractivity contribution in [2.75, 3.05) is 0 Å². The molecule has 0 saturated heterocycles. The highest BCUT2D eigenvalue weighted by molar-refractivity contribution is 4.99. The summed E-state index contributed by atoms with van der Waals surface area (Å²) < 4.78 is 77.9. The zero-order valence-corrected chi connectivity index (χ0v) is 10.3. The standard InChI is InChI=1S/C11H18F6/c1-5-6-8(4)9(7(2)3,10(12,13)14)11(15,16)17/h7-8H,5-6H2,1-4H3. The van der Waals surface area contributed by atoms with Gasteiger partial charge in [-0.2, -0.15) is 26.3 Å². The molecule has 0 amide bonds. The van der Waals surface area contributed by atoms with E-state index in [1.165, 1.54) is 0 Å². The van der Waals surface area contributed by atoms with Gasteiger partial charge in [-0.1, -0.05) is 34.1 Å². The highest BCUT2D eigenvalue weighted by Gasteiger charge is 2.73. The third-order valence-corrected chi connectivity index (χ3v) is 3.35. The van der Waals surface area contributed by atoms with Crippen molar-refractivity contribution < 1.29 is 26.3 Å². The van der Waals surface area contributed by atoms with Crippen LogP contribution in [0, 0.1) is 17.3 Å². The summed E-state index contributed by atoms with van der Waals surface area (Å²) in [7, 11) is 0. The van der Waals surface area contributed by atoms with Crippen molar-refractivity contribution in [3.05, 3.63) is 0 Å². The van der Waals surface area contributed by atoms with Crippen molar-refractivity contribution in [2.24, 2.45) is 17.3 Å². The van der Waals surface area contributed by atoms with Crippen LogP contribution in [0.5, 0.6) is 0 Å². The van der Waals surface area contributed by atoms with Gasteiger partial charge in [0, 0.05) is 0 Å². The van der Waals surface area contributed by atoms with Gasteiger partial charge >= 0.3 is 12.4 Å². The summed E-state index contributed by atoms with van der Waals surface area (Å²) in [5.41, 5.74) is -3.62. The molecule has 0 nitrogen and oxygen atoms in total. The largest absolute Gasteiger partial charge is 0.403 e. The molecule has 17 heavy (non-hydrogen) atoms. The van der Waals surface area contributed by atoms with Gasteiger partial charge in [-0.3, -0.25) is 0 Å². The van der Waals surface area contributed by atoms with Gasteiger partial charge in [-0.05, 0) is 18.3 Å². The lowest BCUT2D eigenvalue weighted by atomic mass is 9.65. The summed E-state index contributed by atoms with van der Waals surface area (Å²) in [6, 6.07) is 0. The Morgan fingerprint density at radius 2 is 1.18 bits per heavy atom. The smallest absolute Gasteiger partial charge is 0.170 e. The maximum absolute atomic E-state index is 13.0. The Balaban J connectivity index is 5.77. The molecule has 0 heterocycles. The monoisotopic (exact) mass is 264 g/mol. The fourth-order valence-electron chi connectivity index (χ4n) is 2.60. The van der Waals surface area contributed by atoms with Gasteiger partial charge in [-0.15, -0.1) is 0 Å². The van der Waals surface area contributed by atoms with Gasteiger partial charge in [-0.25, -0.2) is 0 Å². The van der Waals surface area contributed by atoms with Crippen LogP contribution >= 0.6 is 0 Å². The van der Waals surface area contributed by atoms with E-state index in [9.17, 15) is 26.3 Å². The molecule has 0 fully saturated rings. The van der Waals surface area contributed by atoms with Crippen LogP contribution in [0.15, 0.2) is 0 Å². The molecule has 0 radical (unpaired) electrons. The van der Waals surface area contributed by atoms with Crippen molar-refractivity contribution in [1.82, 2.24) is 0 Å². The summed E-state index contributed by atoms with van der Waals surface area (Å²) in [5.74, 6) is -3.02. The maximum Gasteiger partial charge on any atom is 0.403 e. The molecule has 0 rings (SSSR count). The quantitative estimate of drug-likeness (QED) is 0.613. The molecule has 0 bridgehead atoms. The van der Waals surface area contributed by atoms with E-state index >= 15 is 0 Å². The van der Waals surface area contributed by atoms with E-state index in [0.717, 1.165) is 20.8 Å². The van der Waals surface area contributed by atoms with Crippen molar-refractivity contribution in [3.8, 4) is 0 Å². The molecule has 1 unspecified atom stereocenters. The average Bonchev–Trinajstić information content (AvgIpc) is 1.97. The van der Waals surface area contributed by atoms with Gasteiger partial charge in [0.2, 0.25) is 0 Å². The Morgan fingerprint density at radius 1 is 0.824 bits per heavy atom. The Bertz CT molecular complexity index is 223. The second kappa shape index (κ2) is 5.06. The van der Waals surface area contributed by atoms with E-state index in [4.69, 9.17) is 0 Å². The van der Waals surface area contributed by atoms with E-state index in [1.807, 2.05) is 0 Å². The minimum atomic E-state index is -5.28. The summed E-state index contributed by atoms with van der Waals surface area (Å²) in [5, 5.41) is 0. The number of alkyl halides is 6. The molecule has 0 aromatic carbocycles. The third-order valence-electron chi connectivity index (χ3n) is 3.35. The van der Waals surface area contributed by atoms with E-state index in [-0.39, 0.29) is 6.42 Å². The normalized spacial score (nSPS) is 16.4. The summed E-state index contributed by atoms with van der Waals surface area (Å²) >= 11 is 0. The van der Waals surface area contributed by atoms with Crippen LogP contribution in [0.1, 0.15) is 40.5 Å². The predicted molar refractivity (Wildman–Crippen MR) is 53.5 cm³/mol. The van der Waals surface area contributed by atoms with Crippen molar-refractivity contribution in [2.45, 2.75) is 52.9 Å². The number of halogens is 6. The molecular weight excluding hydrogens is 246 g/mol. The van der Waals surface area contributed by atoms with Crippen LogP contribution in [-0.2, 0) is 0 Å². The lowest BCUT2D eigenvalue weighted by Crippen LogP contribution is -2.57. The van der Waals surface area contributed by atoms with E-state index in [1.54, 1.807) is 6.92 Å². The maximum atomic E-state index is 13.0. The number of hydrogen-bond donors (Lipinski definition) is 0. The first-order valence-electron chi connectivity index (χ1n) is 5.56. The lowest BCUT2D eigenvalue weighted by molar-refractivity contribution is -0.372. The van der Waals surface area contributed by atoms with Gasteiger partial charge < -0.3 is 0 Å². The molecule has 104 valence electrons. The van der Waals surface area contributed by atoms with E-state index in [2.05, 4.69) is 0 Å². The molecule has 0 saturated carbocycles. The third kappa shape index (κ3) is 2.71. The van der Waals surface area contributed by atoms with E-state index in [0.29, 0.717) is 6.42 Å². The zero-order chi connectivity index (χ0) is 14.1. The van der Waals surface area contributed by atoms with Crippen LogP contribution < -0.4 is 0 Å². The predicted octanol–water partition coefficient (Wildman–Crippen LogP) is 5.19. The summed E-state index contributed by atoms with van der Waals surface area (Å²) in [6.45, 7) is 4.57. The van der Waals surface area contributed by atoms with Gasteiger partial charge in [0.1, 0.15) is 0 Å². The van der Waals surface area contributed by atoms with Crippen LogP contribution in [0.4, 0.5) is 26.3 Å². The second-order valence-corrected chi connectivity index (χ2v) is 4.71. The minimum Gasteiger partial charge on any atom is -0.170 e. The van der Waals surface area contributed by atoms with Crippen molar-refractivity contribution in [1.29, 1.82) is 0 Å². The molecule has 6 heteroatoms. The first-order valence-corrected chi connectivity index (χ1v) is 5.56. The average molecular weight is 264 g/mol. The Hall–Kier alpha value is -0.420. The number of hydrogen-bond acceptors (Lipinski definition) is 0. The topological polar surface area (TPSA) is 0 Å². The van der Waals surface area contributed by atoms with Crippen molar-refractivity contribution in [3.63, 3.8) is 0 Å². The highest BCUT2D eigenvalue weighted by atomic mass is 19.4. The second-order valence-electron chi connectivity index (χ2n) is 4.71. The van der Waals surface area contributed by atoms with Crippen LogP contribution in [-0.4, -0.2) is 12.4 Å². The van der Waals surface area contributed by atoms with Gasteiger partial charge in [0.05, 0.1) is 0 Å². The molecule has 0 aliphatic heterocycles. The lowest BCUT2D eigenvalue weighted by Gasteiger charge is -2.44. The molecular formula is C11H18F6. The van der Waals surface area contributed by atoms with E-state index < -0.39 is 29.6 Å². The molecule has 0 aliphatic rings. The van der Waals surface area contributed by atoms with Crippen LogP contribution in [0.3, 0.4) is 0 Å². The number of rotatable bonds is 4. The van der Waals surface area contributed by atoms with Gasteiger partial charge in [0.15, 0.2) is 5.41 Å². The van der Waals surface area contributed by atoms with Crippen molar-refractivity contribution >= 4 is 0 Å². The molecule has 0 aromatic rings. The highest BCUT2D eigenvalue weighted by Crippen LogP contribution is 2.60. The fourth-order valence-corrected chi connectivity index (χ4v) is 2.60. The molecule has 1 atom stereocenters. The molecule has 0 aromatic heterocycles. The minimum absolute atomic E-state index is 0.100. The molecule has 0 spiro atoms. The van der Waals surface area contributed by atoms with Crippen LogP contribution in [0.25, 0.3) is 0 Å². The Kier molecular flexibility index (Phi) is 4.94. The Morgan fingerprint density at radius 3 is 1.35 bits per heavy atom. The summed E-state index contributed by atoms with van der Waals surface area (Å²) in [6.07, 6.45) is -10.4. The molecule has 0 N–H and O–H groups in total. The first-order chi connectivity index (χ1) is 7.42. The Labute approximate surface area is 97.4 Å².